The molecule has 3 N–H and O–H groups in total. The average molecular weight is 350 g/mol. The fourth-order valence-corrected chi connectivity index (χ4v) is 3.27. The van der Waals surface area contributed by atoms with Crippen LogP contribution in [0.25, 0.3) is 0 Å². The van der Waals surface area contributed by atoms with E-state index in [0.29, 0.717) is 30.6 Å². The van der Waals surface area contributed by atoms with E-state index in [-0.39, 0.29) is 18.8 Å². The Balaban J connectivity index is 2.34. The van der Waals surface area contributed by atoms with Gasteiger partial charge in [-0.05, 0) is 72.3 Å². The first-order valence-electron chi connectivity index (χ1n) is 8.95. The number of aliphatic hydroxyl groups excluding tert-OH is 1. The second-order valence-electron chi connectivity index (χ2n) is 7.86. The zero-order valence-corrected chi connectivity index (χ0v) is 15.6. The zero-order valence-electron chi connectivity index (χ0n) is 15.6. The Kier molecular flexibility index (Phi) is 5.92. The second kappa shape index (κ2) is 7.44. The smallest absolute Gasteiger partial charge is 0.339 e. The van der Waals surface area contributed by atoms with Gasteiger partial charge in [0.05, 0.1) is 17.3 Å². The van der Waals surface area contributed by atoms with Gasteiger partial charge in [0.15, 0.2) is 0 Å². The molecule has 0 saturated carbocycles. The molecule has 25 heavy (non-hydrogen) atoms. The fourth-order valence-electron chi connectivity index (χ4n) is 3.27. The summed E-state index contributed by atoms with van der Waals surface area (Å²) in [7, 11) is 0. The van der Waals surface area contributed by atoms with Gasteiger partial charge >= 0.3 is 5.97 Å². The monoisotopic (exact) mass is 350 g/mol. The summed E-state index contributed by atoms with van der Waals surface area (Å²) < 4.78 is 5.33. The molecule has 2 aliphatic rings. The summed E-state index contributed by atoms with van der Waals surface area (Å²) in [5.41, 5.74) is 0.143. The van der Waals surface area contributed by atoms with Gasteiger partial charge < -0.3 is 20.1 Å². The first-order valence-corrected chi connectivity index (χ1v) is 8.95. The summed E-state index contributed by atoms with van der Waals surface area (Å²) in [5.74, 6) is 0.0459. The highest BCUT2D eigenvalue weighted by Gasteiger charge is 2.33. The van der Waals surface area contributed by atoms with Crippen molar-refractivity contribution in [3.05, 3.63) is 34.6 Å². The van der Waals surface area contributed by atoms with Crippen molar-refractivity contribution in [1.29, 1.82) is 0 Å². The molecule has 0 amide bonds. The third-order valence-electron chi connectivity index (χ3n) is 5.26. The van der Waals surface area contributed by atoms with Gasteiger partial charge in [-0.15, -0.1) is 0 Å². The van der Waals surface area contributed by atoms with Gasteiger partial charge in [0.2, 0.25) is 0 Å². The van der Waals surface area contributed by atoms with E-state index in [1.807, 2.05) is 6.92 Å². The summed E-state index contributed by atoms with van der Waals surface area (Å²) in [4.78, 5) is 11.9. The normalized spacial score (nSPS) is 35.5. The van der Waals surface area contributed by atoms with Crippen LogP contribution < -0.4 is 0 Å². The molecule has 0 aromatic carbocycles. The van der Waals surface area contributed by atoms with Crippen molar-refractivity contribution < 1.29 is 24.9 Å². The van der Waals surface area contributed by atoms with Gasteiger partial charge in [-0.1, -0.05) is 11.6 Å². The van der Waals surface area contributed by atoms with Crippen molar-refractivity contribution in [3.63, 3.8) is 0 Å². The number of rotatable bonds is 0. The highest BCUT2D eigenvalue weighted by atomic mass is 16.5. The van der Waals surface area contributed by atoms with E-state index in [4.69, 9.17) is 4.74 Å². The number of allylic oxidation sites excluding steroid dienone is 3. The van der Waals surface area contributed by atoms with Gasteiger partial charge in [0.25, 0.3) is 0 Å². The summed E-state index contributed by atoms with van der Waals surface area (Å²) in [6.45, 7) is 7.01. The van der Waals surface area contributed by atoms with Crippen LogP contribution >= 0.6 is 0 Å². The highest BCUT2D eigenvalue weighted by Crippen LogP contribution is 2.34. The molecule has 1 heterocycles. The lowest BCUT2D eigenvalue weighted by Crippen LogP contribution is -2.40. The molecular formula is C20H30O5. The molecule has 0 spiro atoms. The van der Waals surface area contributed by atoms with Crippen LogP contribution in [0.3, 0.4) is 0 Å². The molecule has 5 heteroatoms. The van der Waals surface area contributed by atoms with Crippen molar-refractivity contribution in [2.45, 2.75) is 83.5 Å². The standard InChI is InChI=1S/C20H30O5/c1-13-6-5-10-20(4,24)17(21)9-11-19(3,23)12-16-15(8-7-13)14(2)18(22)25-16/h6,12,17,21,23-24H,5,7-11H2,1-4H3. The molecule has 0 fully saturated rings. The predicted molar refractivity (Wildman–Crippen MR) is 95.6 cm³/mol. The molecule has 2 rings (SSSR count). The molecule has 3 atom stereocenters. The van der Waals surface area contributed by atoms with Gasteiger partial charge in [-0.2, -0.15) is 0 Å². The van der Waals surface area contributed by atoms with E-state index in [1.165, 1.54) is 0 Å². The van der Waals surface area contributed by atoms with Crippen LogP contribution in [0, 0.1) is 0 Å². The summed E-state index contributed by atoms with van der Waals surface area (Å²) in [5, 5.41) is 31.4. The van der Waals surface area contributed by atoms with E-state index in [0.717, 1.165) is 17.6 Å². The minimum atomic E-state index is -1.24. The SMILES string of the molecule is CC1=CCCC(C)(O)C(O)CCC(C)(O)C=C2OC(=O)C(C)=C2CC1. The van der Waals surface area contributed by atoms with Crippen LogP contribution in [0.15, 0.2) is 34.6 Å². The Bertz CT molecular complexity index is 622. The molecule has 3 unspecified atom stereocenters. The summed E-state index contributed by atoms with van der Waals surface area (Å²) in [6, 6.07) is 0. The third-order valence-corrected chi connectivity index (χ3v) is 5.26. The molecule has 0 aromatic rings. The minimum absolute atomic E-state index is 0.248. The van der Waals surface area contributed by atoms with Crippen molar-refractivity contribution in [2.75, 3.05) is 0 Å². The zero-order chi connectivity index (χ0) is 18.8. The molecule has 1 aliphatic carbocycles. The van der Waals surface area contributed by atoms with E-state index in [2.05, 4.69) is 6.08 Å². The number of carbonyl (C=O) groups is 1. The van der Waals surface area contributed by atoms with Crippen molar-refractivity contribution >= 4 is 5.97 Å². The number of carbonyl (C=O) groups excluding carboxylic acids is 1. The lowest BCUT2D eigenvalue weighted by atomic mass is 9.86. The molecule has 0 radical (unpaired) electrons. The lowest BCUT2D eigenvalue weighted by molar-refractivity contribution is -0.133. The third kappa shape index (κ3) is 5.03. The summed E-state index contributed by atoms with van der Waals surface area (Å²) in [6.07, 6.45) is 5.76. The van der Waals surface area contributed by atoms with Crippen molar-refractivity contribution in [2.24, 2.45) is 0 Å². The molecular weight excluding hydrogens is 320 g/mol. The molecule has 0 bridgehead atoms. The average Bonchev–Trinajstić information content (AvgIpc) is 2.75. The number of ether oxygens (including phenoxy) is 1. The van der Waals surface area contributed by atoms with Gasteiger partial charge in [0, 0.05) is 11.1 Å². The van der Waals surface area contributed by atoms with Gasteiger partial charge in [-0.3, -0.25) is 0 Å². The Labute approximate surface area is 149 Å². The highest BCUT2D eigenvalue weighted by molar-refractivity contribution is 5.93. The molecule has 5 nitrogen and oxygen atoms in total. The fraction of sp³-hybridized carbons (Fsp3) is 0.650. The minimum Gasteiger partial charge on any atom is -0.423 e. The van der Waals surface area contributed by atoms with Gasteiger partial charge in [-0.25, -0.2) is 4.79 Å². The van der Waals surface area contributed by atoms with Crippen molar-refractivity contribution in [3.8, 4) is 0 Å². The second-order valence-corrected chi connectivity index (χ2v) is 7.86. The van der Waals surface area contributed by atoms with Crippen LogP contribution in [0.4, 0.5) is 0 Å². The number of hydrogen-bond acceptors (Lipinski definition) is 5. The molecule has 0 aromatic heterocycles. The van der Waals surface area contributed by atoms with E-state index >= 15 is 0 Å². The largest absolute Gasteiger partial charge is 0.423 e. The van der Waals surface area contributed by atoms with Crippen LogP contribution in [0.1, 0.15) is 66.2 Å². The van der Waals surface area contributed by atoms with Crippen LogP contribution in [0.2, 0.25) is 0 Å². The maximum atomic E-state index is 11.9. The maximum absolute atomic E-state index is 11.9. The Morgan fingerprint density at radius 1 is 1.16 bits per heavy atom. The molecule has 1 aliphatic heterocycles. The lowest BCUT2D eigenvalue weighted by Gasteiger charge is -2.31. The van der Waals surface area contributed by atoms with Crippen LogP contribution in [-0.2, 0) is 9.53 Å². The number of esters is 1. The number of aliphatic hydroxyl groups is 3. The van der Waals surface area contributed by atoms with Gasteiger partial charge in [0.1, 0.15) is 5.76 Å². The Morgan fingerprint density at radius 2 is 1.84 bits per heavy atom. The Hall–Kier alpha value is -1.43. The predicted octanol–water partition coefficient (Wildman–Crippen LogP) is 2.91. The number of fused-ring (bicyclic) bond motifs is 1. The quantitative estimate of drug-likeness (QED) is 0.462. The maximum Gasteiger partial charge on any atom is 0.339 e. The van der Waals surface area contributed by atoms with E-state index < -0.39 is 17.3 Å². The Morgan fingerprint density at radius 3 is 2.52 bits per heavy atom. The topological polar surface area (TPSA) is 87.0 Å². The van der Waals surface area contributed by atoms with E-state index in [9.17, 15) is 20.1 Å². The molecule has 0 saturated heterocycles. The van der Waals surface area contributed by atoms with E-state index in [1.54, 1.807) is 26.8 Å². The first-order chi connectivity index (χ1) is 11.5. The number of hydrogen-bond donors (Lipinski definition) is 3. The summed E-state index contributed by atoms with van der Waals surface area (Å²) >= 11 is 0. The first kappa shape index (κ1) is 19.9. The molecule has 140 valence electrons. The van der Waals surface area contributed by atoms with Crippen molar-refractivity contribution in [1.82, 2.24) is 0 Å². The van der Waals surface area contributed by atoms with Crippen LogP contribution in [0.5, 0.6) is 0 Å². The van der Waals surface area contributed by atoms with Crippen LogP contribution in [-0.4, -0.2) is 38.6 Å².